The number of ketones is 1. The smallest absolute Gasteiger partial charge is 0.295 e. The van der Waals surface area contributed by atoms with E-state index in [1.54, 1.807) is 36.7 Å². The molecule has 1 unspecified atom stereocenters. The summed E-state index contributed by atoms with van der Waals surface area (Å²) in [5, 5.41) is 11.5. The molecule has 1 saturated heterocycles. The zero-order valence-corrected chi connectivity index (χ0v) is 22.7. The Morgan fingerprint density at radius 3 is 2.33 bits per heavy atom. The molecule has 1 aliphatic heterocycles. The van der Waals surface area contributed by atoms with Gasteiger partial charge in [0.15, 0.2) is 0 Å². The van der Waals surface area contributed by atoms with E-state index in [2.05, 4.69) is 4.98 Å². The van der Waals surface area contributed by atoms with Crippen LogP contribution in [-0.4, -0.2) is 40.8 Å². The van der Waals surface area contributed by atoms with Crippen LogP contribution in [0.4, 0.5) is 5.69 Å². The van der Waals surface area contributed by atoms with Crippen LogP contribution in [0.2, 0.25) is 0 Å². The van der Waals surface area contributed by atoms with E-state index in [-0.39, 0.29) is 17.9 Å². The van der Waals surface area contributed by atoms with Crippen molar-refractivity contribution in [2.75, 3.05) is 19.0 Å². The number of nitrogens with zero attached hydrogens (tertiary/aromatic N) is 3. The van der Waals surface area contributed by atoms with Crippen LogP contribution < -0.4 is 9.64 Å². The molecular weight excluding hydrogens is 502 g/mol. The number of aryl methyl sites for hydroxylation is 1. The second-order valence-electron chi connectivity index (χ2n) is 10.0. The number of likely N-dealkylation sites (tertiary alicyclic amines) is 1. The van der Waals surface area contributed by atoms with Crippen molar-refractivity contribution in [2.24, 2.45) is 0 Å². The van der Waals surface area contributed by atoms with E-state index in [0.29, 0.717) is 17.9 Å². The first kappa shape index (κ1) is 26.7. The van der Waals surface area contributed by atoms with Gasteiger partial charge < -0.3 is 19.6 Å². The third kappa shape index (κ3) is 5.45. The lowest BCUT2D eigenvalue weighted by Crippen LogP contribution is -2.29. The quantitative estimate of drug-likeness (QED) is 0.179. The van der Waals surface area contributed by atoms with Gasteiger partial charge in [0.1, 0.15) is 18.1 Å². The molecule has 7 nitrogen and oxygen atoms in total. The Kier molecular flexibility index (Phi) is 7.64. The normalized spacial score (nSPS) is 16.3. The molecule has 0 saturated carbocycles. The lowest BCUT2D eigenvalue weighted by atomic mass is 9.94. The van der Waals surface area contributed by atoms with Gasteiger partial charge in [-0.15, -0.1) is 0 Å². The number of benzene rings is 3. The Labute approximate surface area is 234 Å². The Bertz CT molecular complexity index is 1550. The number of aromatic nitrogens is 1. The summed E-state index contributed by atoms with van der Waals surface area (Å²) in [7, 11) is 3.89. The fourth-order valence-electron chi connectivity index (χ4n) is 4.88. The van der Waals surface area contributed by atoms with Crippen molar-refractivity contribution in [3.05, 3.63) is 131 Å². The van der Waals surface area contributed by atoms with Gasteiger partial charge in [-0.05, 0) is 65.6 Å². The van der Waals surface area contributed by atoms with Gasteiger partial charge in [0.25, 0.3) is 11.7 Å². The lowest BCUT2D eigenvalue weighted by molar-refractivity contribution is -0.140. The number of carbonyl (C=O) groups is 2. The number of hydrogen-bond acceptors (Lipinski definition) is 6. The second kappa shape index (κ2) is 11.5. The van der Waals surface area contributed by atoms with Gasteiger partial charge >= 0.3 is 0 Å². The molecule has 2 heterocycles. The first-order chi connectivity index (χ1) is 19.3. The van der Waals surface area contributed by atoms with Gasteiger partial charge in [0.05, 0.1) is 11.6 Å². The summed E-state index contributed by atoms with van der Waals surface area (Å²) in [5.74, 6) is -0.920. The van der Waals surface area contributed by atoms with Gasteiger partial charge in [-0.3, -0.25) is 14.6 Å². The number of aliphatic hydroxyl groups excluding tert-OH is 1. The molecule has 1 fully saturated rings. The minimum absolute atomic E-state index is 0.0591. The average molecular weight is 534 g/mol. The van der Waals surface area contributed by atoms with Gasteiger partial charge in [-0.1, -0.05) is 48.5 Å². The number of hydrogen-bond donors (Lipinski definition) is 1. The van der Waals surface area contributed by atoms with E-state index < -0.39 is 17.7 Å². The fraction of sp³-hybridized carbons (Fsp3) is 0.182. The first-order valence-corrected chi connectivity index (χ1v) is 13.1. The van der Waals surface area contributed by atoms with Crippen molar-refractivity contribution in [1.29, 1.82) is 0 Å². The second-order valence-corrected chi connectivity index (χ2v) is 10.0. The van der Waals surface area contributed by atoms with Crippen LogP contribution in [0.1, 0.15) is 33.9 Å². The van der Waals surface area contributed by atoms with Gasteiger partial charge in [0, 0.05) is 44.3 Å². The predicted octanol–water partition coefficient (Wildman–Crippen LogP) is 5.66. The van der Waals surface area contributed by atoms with Crippen molar-refractivity contribution in [3.63, 3.8) is 0 Å². The third-order valence-corrected chi connectivity index (χ3v) is 7.03. The molecule has 0 aliphatic carbocycles. The monoisotopic (exact) mass is 533 g/mol. The van der Waals surface area contributed by atoms with Crippen LogP contribution in [-0.2, 0) is 22.7 Å². The van der Waals surface area contributed by atoms with E-state index in [4.69, 9.17) is 4.74 Å². The van der Waals surface area contributed by atoms with Crippen LogP contribution in [0, 0.1) is 6.92 Å². The van der Waals surface area contributed by atoms with Crippen LogP contribution >= 0.6 is 0 Å². The SMILES string of the molecule is Cc1cc(/C(O)=C2/C(=O)C(=O)N(Cc3cccnc3)C2c2ccc(N(C)C)cc2)ccc1OCc1ccccc1. The molecular formula is C33H31N3O4. The number of Topliss-reactive ketones (excluding diaryl/α,β-unsaturated/α-hetero) is 1. The number of amides is 1. The molecule has 3 aromatic carbocycles. The minimum Gasteiger partial charge on any atom is -0.507 e. The highest BCUT2D eigenvalue weighted by Gasteiger charge is 2.46. The molecule has 4 aromatic rings. The van der Waals surface area contributed by atoms with Crippen molar-refractivity contribution in [2.45, 2.75) is 26.1 Å². The molecule has 0 spiro atoms. The molecule has 1 amide bonds. The summed E-state index contributed by atoms with van der Waals surface area (Å²) in [6.07, 6.45) is 3.33. The maximum atomic E-state index is 13.4. The molecule has 7 heteroatoms. The lowest BCUT2D eigenvalue weighted by Gasteiger charge is -2.26. The molecule has 40 heavy (non-hydrogen) atoms. The van der Waals surface area contributed by atoms with E-state index in [9.17, 15) is 14.7 Å². The topological polar surface area (TPSA) is 83.0 Å². The number of ether oxygens (including phenoxy) is 1. The maximum Gasteiger partial charge on any atom is 0.295 e. The number of carbonyl (C=O) groups excluding carboxylic acids is 2. The van der Waals surface area contributed by atoms with Crippen molar-refractivity contribution < 1.29 is 19.4 Å². The van der Waals surface area contributed by atoms with E-state index in [1.165, 1.54) is 4.90 Å². The Morgan fingerprint density at radius 1 is 0.950 bits per heavy atom. The number of rotatable bonds is 8. The number of anilines is 1. The summed E-state index contributed by atoms with van der Waals surface area (Å²) in [6, 6.07) is 25.7. The molecule has 1 aromatic heterocycles. The van der Waals surface area contributed by atoms with Gasteiger partial charge in [-0.25, -0.2) is 0 Å². The van der Waals surface area contributed by atoms with E-state index in [0.717, 1.165) is 27.9 Å². The van der Waals surface area contributed by atoms with E-state index >= 15 is 0 Å². The number of aliphatic hydroxyl groups is 1. The molecule has 1 atom stereocenters. The van der Waals surface area contributed by atoms with Crippen LogP contribution in [0.5, 0.6) is 5.75 Å². The van der Waals surface area contributed by atoms with Gasteiger partial charge in [-0.2, -0.15) is 0 Å². The highest BCUT2D eigenvalue weighted by atomic mass is 16.5. The minimum atomic E-state index is -0.759. The number of pyridine rings is 1. The molecule has 202 valence electrons. The molecule has 0 radical (unpaired) electrons. The van der Waals surface area contributed by atoms with Crippen molar-refractivity contribution in [1.82, 2.24) is 9.88 Å². The summed E-state index contributed by atoms with van der Waals surface area (Å²) in [6.45, 7) is 2.48. The zero-order chi connectivity index (χ0) is 28.2. The fourth-order valence-corrected chi connectivity index (χ4v) is 4.88. The molecule has 0 bridgehead atoms. The molecule has 1 aliphatic rings. The van der Waals surface area contributed by atoms with Gasteiger partial charge in [0.2, 0.25) is 0 Å². The predicted molar refractivity (Wildman–Crippen MR) is 155 cm³/mol. The first-order valence-electron chi connectivity index (χ1n) is 13.1. The maximum absolute atomic E-state index is 13.4. The standard InChI is InChI=1S/C33H31N3O4/c1-22-18-26(13-16-28(22)40-21-23-8-5-4-6-9-23)31(37)29-30(25-11-14-27(15-12-25)35(2)3)36(33(39)32(29)38)20-24-10-7-17-34-19-24/h4-19,30,37H,20-21H2,1-3H3/b31-29-. The Hall–Kier alpha value is -4.91. The Balaban J connectivity index is 1.52. The summed E-state index contributed by atoms with van der Waals surface area (Å²) < 4.78 is 5.99. The van der Waals surface area contributed by atoms with Crippen LogP contribution in [0.25, 0.3) is 5.76 Å². The van der Waals surface area contributed by atoms with Crippen LogP contribution in [0.15, 0.2) is 103 Å². The summed E-state index contributed by atoms with van der Waals surface area (Å²) >= 11 is 0. The molecule has 1 N–H and O–H groups in total. The van der Waals surface area contributed by atoms with E-state index in [1.807, 2.05) is 86.6 Å². The van der Waals surface area contributed by atoms with Crippen molar-refractivity contribution >= 4 is 23.1 Å². The third-order valence-electron chi connectivity index (χ3n) is 7.03. The Morgan fingerprint density at radius 2 is 1.68 bits per heavy atom. The summed E-state index contributed by atoms with van der Waals surface area (Å²) in [5.41, 5.74) is 4.85. The molecule has 5 rings (SSSR count). The highest BCUT2D eigenvalue weighted by molar-refractivity contribution is 6.46. The zero-order valence-electron chi connectivity index (χ0n) is 22.7. The van der Waals surface area contributed by atoms with Crippen LogP contribution in [0.3, 0.4) is 0 Å². The average Bonchev–Trinajstić information content (AvgIpc) is 3.22. The van der Waals surface area contributed by atoms with Crippen molar-refractivity contribution in [3.8, 4) is 5.75 Å². The largest absolute Gasteiger partial charge is 0.507 e. The summed E-state index contributed by atoms with van der Waals surface area (Å²) in [4.78, 5) is 34.4. The highest BCUT2D eigenvalue weighted by Crippen LogP contribution is 2.41.